The first-order valence-electron chi connectivity index (χ1n) is 4.95. The largest absolute Gasteiger partial charge is 0.411 e. The van der Waals surface area contributed by atoms with Crippen LogP contribution in [0, 0.1) is 6.92 Å². The molecule has 0 radical (unpaired) electrons. The van der Waals surface area contributed by atoms with Crippen molar-refractivity contribution in [3.63, 3.8) is 0 Å². The summed E-state index contributed by atoms with van der Waals surface area (Å²) in [5.41, 5.74) is 2.45. The molecule has 0 aliphatic carbocycles. The molecule has 0 fully saturated rings. The molecule has 15 heavy (non-hydrogen) atoms. The van der Waals surface area contributed by atoms with Gasteiger partial charge in [-0.3, -0.25) is 0 Å². The summed E-state index contributed by atoms with van der Waals surface area (Å²) in [7, 11) is 0. The second-order valence-electron chi connectivity index (χ2n) is 3.63. The summed E-state index contributed by atoms with van der Waals surface area (Å²) in [6, 6.07) is 12.6. The summed E-state index contributed by atoms with van der Waals surface area (Å²) in [4.78, 5) is 0. The Morgan fingerprint density at radius 2 is 2.13 bits per heavy atom. The fourth-order valence-electron chi connectivity index (χ4n) is 1.77. The van der Waals surface area contributed by atoms with Gasteiger partial charge in [0, 0.05) is 12.6 Å². The summed E-state index contributed by atoms with van der Waals surface area (Å²) >= 11 is 0. The molecule has 2 nitrogen and oxygen atoms in total. The van der Waals surface area contributed by atoms with Crippen molar-refractivity contribution in [3.8, 4) is 0 Å². The van der Waals surface area contributed by atoms with Crippen molar-refractivity contribution < 1.29 is 5.21 Å². The fraction of sp³-hybridized carbons (Fsp3) is 0.154. The highest BCUT2D eigenvalue weighted by Crippen LogP contribution is 2.19. The Morgan fingerprint density at radius 1 is 1.27 bits per heavy atom. The van der Waals surface area contributed by atoms with Crippen LogP contribution >= 0.6 is 0 Å². The zero-order chi connectivity index (χ0) is 10.7. The Labute approximate surface area is 88.9 Å². The van der Waals surface area contributed by atoms with E-state index in [-0.39, 0.29) is 0 Å². The van der Waals surface area contributed by atoms with Gasteiger partial charge in [-0.15, -0.1) is 5.16 Å². The van der Waals surface area contributed by atoms with Gasteiger partial charge >= 0.3 is 0 Å². The Hall–Kier alpha value is -1.83. The molecule has 0 unspecified atom stereocenters. The molecule has 0 atom stereocenters. The lowest BCUT2D eigenvalue weighted by molar-refractivity contribution is 0.321. The Kier molecular flexibility index (Phi) is 2.68. The van der Waals surface area contributed by atoms with Crippen molar-refractivity contribution in [1.29, 1.82) is 0 Å². The van der Waals surface area contributed by atoms with Crippen LogP contribution in [0.15, 0.2) is 41.6 Å². The third-order valence-corrected chi connectivity index (χ3v) is 2.57. The molecule has 76 valence electrons. The van der Waals surface area contributed by atoms with Gasteiger partial charge in [-0.2, -0.15) is 0 Å². The van der Waals surface area contributed by atoms with Crippen molar-refractivity contribution in [2.75, 3.05) is 0 Å². The van der Waals surface area contributed by atoms with Crippen LogP contribution in [0.3, 0.4) is 0 Å². The van der Waals surface area contributed by atoms with Crippen LogP contribution in [0.25, 0.3) is 10.8 Å². The van der Waals surface area contributed by atoms with Gasteiger partial charge in [0.25, 0.3) is 0 Å². The standard InChI is InChI=1S/C13H13NO/c1-10-3-2-4-12-9-11(7-8-14-15)5-6-13(10)12/h2-6,8-9,15H,7H2,1H3. The summed E-state index contributed by atoms with van der Waals surface area (Å²) in [5.74, 6) is 0. The summed E-state index contributed by atoms with van der Waals surface area (Å²) < 4.78 is 0. The normalized spacial score (nSPS) is 11.3. The van der Waals surface area contributed by atoms with Crippen LogP contribution in [0.2, 0.25) is 0 Å². The second-order valence-corrected chi connectivity index (χ2v) is 3.63. The first kappa shape index (κ1) is 9.71. The van der Waals surface area contributed by atoms with E-state index in [1.807, 2.05) is 0 Å². The summed E-state index contributed by atoms with van der Waals surface area (Å²) in [6.45, 7) is 2.11. The molecule has 0 aliphatic heterocycles. The highest BCUT2D eigenvalue weighted by molar-refractivity contribution is 5.86. The predicted molar refractivity (Wildman–Crippen MR) is 62.7 cm³/mol. The molecule has 2 rings (SSSR count). The lowest BCUT2D eigenvalue weighted by Crippen LogP contribution is -1.87. The first-order chi connectivity index (χ1) is 7.31. The molecule has 0 aliphatic rings. The number of nitrogens with zero attached hydrogens (tertiary/aromatic N) is 1. The molecule has 0 saturated carbocycles. The van der Waals surface area contributed by atoms with Crippen LogP contribution in [-0.2, 0) is 6.42 Å². The molecule has 1 N–H and O–H groups in total. The van der Waals surface area contributed by atoms with E-state index in [0.29, 0.717) is 6.42 Å². The Bertz CT molecular complexity index is 503. The molecule has 0 saturated heterocycles. The van der Waals surface area contributed by atoms with Gasteiger partial charge in [-0.25, -0.2) is 0 Å². The van der Waals surface area contributed by atoms with Gasteiger partial charge in [0.1, 0.15) is 0 Å². The summed E-state index contributed by atoms with van der Waals surface area (Å²) in [6.07, 6.45) is 2.16. The molecule has 0 bridgehead atoms. The van der Waals surface area contributed by atoms with Crippen molar-refractivity contribution in [2.24, 2.45) is 5.16 Å². The van der Waals surface area contributed by atoms with Gasteiger partial charge in [-0.1, -0.05) is 36.4 Å². The minimum absolute atomic E-state index is 0.667. The SMILES string of the molecule is Cc1cccc2cc(CC=NO)ccc12. The molecule has 0 spiro atoms. The lowest BCUT2D eigenvalue weighted by Gasteiger charge is -2.03. The summed E-state index contributed by atoms with van der Waals surface area (Å²) in [5, 5.41) is 13.9. The number of fused-ring (bicyclic) bond motifs is 1. The highest BCUT2D eigenvalue weighted by atomic mass is 16.4. The molecule has 0 amide bonds. The third kappa shape index (κ3) is 1.99. The average molecular weight is 199 g/mol. The van der Waals surface area contributed by atoms with E-state index in [2.05, 4.69) is 48.5 Å². The number of hydrogen-bond donors (Lipinski definition) is 1. The molecule has 2 aromatic rings. The number of rotatable bonds is 2. The molecular weight excluding hydrogens is 186 g/mol. The van der Waals surface area contributed by atoms with Gasteiger partial charge in [0.2, 0.25) is 0 Å². The monoisotopic (exact) mass is 199 g/mol. The second kappa shape index (κ2) is 4.13. The van der Waals surface area contributed by atoms with Crippen molar-refractivity contribution >= 4 is 17.0 Å². The molecule has 2 heteroatoms. The minimum atomic E-state index is 0.667. The van der Waals surface area contributed by atoms with Gasteiger partial charge < -0.3 is 5.21 Å². The maximum atomic E-state index is 8.35. The van der Waals surface area contributed by atoms with Gasteiger partial charge in [0.05, 0.1) is 0 Å². The van der Waals surface area contributed by atoms with Gasteiger partial charge in [0.15, 0.2) is 0 Å². The zero-order valence-electron chi connectivity index (χ0n) is 8.64. The van der Waals surface area contributed by atoms with E-state index in [1.165, 1.54) is 22.6 Å². The molecule has 0 aromatic heterocycles. The van der Waals surface area contributed by atoms with E-state index in [0.717, 1.165) is 5.56 Å². The quantitative estimate of drug-likeness (QED) is 0.450. The number of aryl methyl sites for hydroxylation is 1. The van der Waals surface area contributed by atoms with Crippen molar-refractivity contribution in [3.05, 3.63) is 47.5 Å². The van der Waals surface area contributed by atoms with E-state index in [4.69, 9.17) is 5.21 Å². The number of hydrogen-bond acceptors (Lipinski definition) is 2. The predicted octanol–water partition coefficient (Wildman–Crippen LogP) is 3.15. The number of benzene rings is 2. The fourth-order valence-corrected chi connectivity index (χ4v) is 1.77. The van der Waals surface area contributed by atoms with Crippen LogP contribution < -0.4 is 0 Å². The lowest BCUT2D eigenvalue weighted by atomic mass is 10.0. The minimum Gasteiger partial charge on any atom is -0.411 e. The van der Waals surface area contributed by atoms with Crippen LogP contribution in [-0.4, -0.2) is 11.4 Å². The number of oxime groups is 1. The van der Waals surface area contributed by atoms with Crippen LogP contribution in [0.4, 0.5) is 0 Å². The van der Waals surface area contributed by atoms with Crippen molar-refractivity contribution in [2.45, 2.75) is 13.3 Å². The van der Waals surface area contributed by atoms with E-state index < -0.39 is 0 Å². The molecule has 0 heterocycles. The van der Waals surface area contributed by atoms with Crippen LogP contribution in [0.1, 0.15) is 11.1 Å². The van der Waals surface area contributed by atoms with E-state index in [9.17, 15) is 0 Å². The van der Waals surface area contributed by atoms with E-state index in [1.54, 1.807) is 0 Å². The molecular formula is C13H13NO. The third-order valence-electron chi connectivity index (χ3n) is 2.57. The van der Waals surface area contributed by atoms with E-state index >= 15 is 0 Å². The average Bonchev–Trinajstić information content (AvgIpc) is 2.26. The smallest absolute Gasteiger partial charge is 0.0479 e. The Morgan fingerprint density at radius 3 is 2.93 bits per heavy atom. The topological polar surface area (TPSA) is 32.6 Å². The maximum Gasteiger partial charge on any atom is 0.0479 e. The first-order valence-corrected chi connectivity index (χ1v) is 4.95. The van der Waals surface area contributed by atoms with Gasteiger partial charge in [-0.05, 0) is 28.8 Å². The molecule has 2 aromatic carbocycles. The Balaban J connectivity index is 2.47. The van der Waals surface area contributed by atoms with Crippen LogP contribution in [0.5, 0.6) is 0 Å². The zero-order valence-corrected chi connectivity index (χ0v) is 8.64. The maximum absolute atomic E-state index is 8.35. The highest BCUT2D eigenvalue weighted by Gasteiger charge is 1.97. The van der Waals surface area contributed by atoms with Crippen molar-refractivity contribution in [1.82, 2.24) is 0 Å².